The summed E-state index contributed by atoms with van der Waals surface area (Å²) in [6.07, 6.45) is 0.815. The summed E-state index contributed by atoms with van der Waals surface area (Å²) in [5.41, 5.74) is 0.684. The highest BCUT2D eigenvalue weighted by atomic mass is 16.5. The molecule has 1 aromatic carbocycles. The lowest BCUT2D eigenvalue weighted by atomic mass is 10.2. The molecule has 0 spiro atoms. The van der Waals surface area contributed by atoms with E-state index in [1.54, 1.807) is 36.3 Å². The average molecular weight is 278 g/mol. The molecule has 0 aliphatic heterocycles. The Hall–Kier alpha value is -2.04. The molecule has 0 radical (unpaired) electrons. The van der Waals surface area contributed by atoms with Gasteiger partial charge in [-0.05, 0) is 37.6 Å². The van der Waals surface area contributed by atoms with Crippen LogP contribution in [0.15, 0.2) is 24.3 Å². The zero-order valence-corrected chi connectivity index (χ0v) is 12.5. The molecular formula is C15H22N2O3. The molecule has 0 aliphatic carbocycles. The lowest BCUT2D eigenvalue weighted by molar-refractivity contribution is -0.134. The number of ether oxygens (including phenoxy) is 1. The summed E-state index contributed by atoms with van der Waals surface area (Å²) in [6.45, 7) is 5.47. The number of rotatable bonds is 6. The highest BCUT2D eigenvalue weighted by Crippen LogP contribution is 2.15. The second-order valence-corrected chi connectivity index (χ2v) is 4.68. The van der Waals surface area contributed by atoms with E-state index < -0.39 is 0 Å². The van der Waals surface area contributed by atoms with Crippen LogP contribution in [0.25, 0.3) is 0 Å². The molecule has 1 rings (SSSR count). The van der Waals surface area contributed by atoms with Gasteiger partial charge in [0.2, 0.25) is 11.8 Å². The van der Waals surface area contributed by atoms with E-state index in [1.165, 1.54) is 6.92 Å². The number of hydrogen-bond donors (Lipinski definition) is 1. The summed E-state index contributed by atoms with van der Waals surface area (Å²) in [5.74, 6) is 0.433. The van der Waals surface area contributed by atoms with Gasteiger partial charge in [0.1, 0.15) is 12.3 Å². The van der Waals surface area contributed by atoms with Crippen LogP contribution < -0.4 is 10.1 Å². The van der Waals surface area contributed by atoms with E-state index in [4.69, 9.17) is 4.74 Å². The number of hydrogen-bond acceptors (Lipinski definition) is 3. The number of carbonyl (C=O) groups excluding carboxylic acids is 2. The van der Waals surface area contributed by atoms with Gasteiger partial charge in [-0.15, -0.1) is 0 Å². The van der Waals surface area contributed by atoms with Crippen molar-refractivity contribution in [2.75, 3.05) is 19.0 Å². The Kier molecular flexibility index (Phi) is 6.03. The molecule has 1 N–H and O–H groups in total. The van der Waals surface area contributed by atoms with Crippen LogP contribution in [0.5, 0.6) is 5.75 Å². The van der Waals surface area contributed by atoms with E-state index in [-0.39, 0.29) is 24.4 Å². The first kappa shape index (κ1) is 16.0. The molecule has 5 heteroatoms. The minimum atomic E-state index is -0.203. The Bertz CT molecular complexity index is 457. The Morgan fingerprint density at radius 2 is 1.90 bits per heavy atom. The van der Waals surface area contributed by atoms with Gasteiger partial charge in [0.05, 0.1) is 7.11 Å². The number of nitrogens with one attached hydrogen (secondary N) is 1. The fraction of sp³-hybridized carbons (Fsp3) is 0.467. The largest absolute Gasteiger partial charge is 0.497 e. The van der Waals surface area contributed by atoms with Crippen LogP contribution in [0.4, 0.5) is 5.69 Å². The SMILES string of the molecule is CCC(C)N(CC(=O)Nc1ccc(OC)cc1)C(C)=O. The van der Waals surface area contributed by atoms with Crippen LogP contribution in [0, 0.1) is 0 Å². The van der Waals surface area contributed by atoms with Gasteiger partial charge in [-0.3, -0.25) is 9.59 Å². The third-order valence-electron chi connectivity index (χ3n) is 3.22. The van der Waals surface area contributed by atoms with Crippen molar-refractivity contribution in [3.05, 3.63) is 24.3 Å². The van der Waals surface area contributed by atoms with E-state index in [2.05, 4.69) is 5.32 Å². The Balaban J connectivity index is 2.63. The van der Waals surface area contributed by atoms with Crippen LogP contribution in [0.3, 0.4) is 0 Å². The summed E-state index contributed by atoms with van der Waals surface area (Å²) in [6, 6.07) is 7.12. The summed E-state index contributed by atoms with van der Waals surface area (Å²) in [5, 5.41) is 2.77. The van der Waals surface area contributed by atoms with Crippen molar-refractivity contribution in [3.8, 4) is 5.75 Å². The summed E-state index contributed by atoms with van der Waals surface area (Å²) < 4.78 is 5.05. The molecule has 5 nitrogen and oxygen atoms in total. The average Bonchev–Trinajstić information content (AvgIpc) is 2.44. The van der Waals surface area contributed by atoms with E-state index in [9.17, 15) is 9.59 Å². The number of nitrogens with zero attached hydrogens (tertiary/aromatic N) is 1. The molecule has 110 valence electrons. The minimum Gasteiger partial charge on any atom is -0.497 e. The van der Waals surface area contributed by atoms with Gasteiger partial charge in [-0.2, -0.15) is 0 Å². The molecule has 0 heterocycles. The minimum absolute atomic E-state index is 0.0501. The molecular weight excluding hydrogens is 256 g/mol. The van der Waals surface area contributed by atoms with Gasteiger partial charge in [0.25, 0.3) is 0 Å². The molecule has 1 aromatic rings. The lowest BCUT2D eigenvalue weighted by Crippen LogP contribution is -2.42. The van der Waals surface area contributed by atoms with Crippen LogP contribution in [-0.4, -0.2) is 36.4 Å². The van der Waals surface area contributed by atoms with Crippen molar-refractivity contribution in [1.82, 2.24) is 4.90 Å². The van der Waals surface area contributed by atoms with Crippen molar-refractivity contribution in [3.63, 3.8) is 0 Å². The maximum absolute atomic E-state index is 12.0. The third-order valence-corrected chi connectivity index (χ3v) is 3.22. The first-order valence-corrected chi connectivity index (χ1v) is 6.69. The zero-order valence-electron chi connectivity index (χ0n) is 12.5. The molecule has 0 aliphatic rings. The third kappa shape index (κ3) is 4.57. The van der Waals surface area contributed by atoms with Crippen LogP contribution >= 0.6 is 0 Å². The number of anilines is 1. The van der Waals surface area contributed by atoms with Gasteiger partial charge < -0.3 is 15.0 Å². The molecule has 0 saturated heterocycles. The van der Waals surface area contributed by atoms with Crippen molar-refractivity contribution in [2.24, 2.45) is 0 Å². The van der Waals surface area contributed by atoms with Gasteiger partial charge in [0, 0.05) is 18.7 Å². The lowest BCUT2D eigenvalue weighted by Gasteiger charge is -2.26. The Labute approximate surface area is 119 Å². The van der Waals surface area contributed by atoms with Gasteiger partial charge in [0.15, 0.2) is 0 Å². The van der Waals surface area contributed by atoms with E-state index >= 15 is 0 Å². The predicted molar refractivity (Wildman–Crippen MR) is 78.8 cm³/mol. The van der Waals surface area contributed by atoms with Crippen molar-refractivity contribution in [1.29, 1.82) is 0 Å². The number of carbonyl (C=O) groups is 2. The standard InChI is InChI=1S/C15H22N2O3/c1-5-11(2)17(12(3)18)10-15(19)16-13-6-8-14(20-4)9-7-13/h6-9,11H,5,10H2,1-4H3,(H,16,19). The second kappa shape index (κ2) is 7.53. The maximum atomic E-state index is 12.0. The Morgan fingerprint density at radius 1 is 1.30 bits per heavy atom. The highest BCUT2D eigenvalue weighted by Gasteiger charge is 2.18. The van der Waals surface area contributed by atoms with Crippen LogP contribution in [0.1, 0.15) is 27.2 Å². The molecule has 0 saturated carbocycles. The van der Waals surface area contributed by atoms with Crippen LogP contribution in [0.2, 0.25) is 0 Å². The molecule has 2 amide bonds. The van der Waals surface area contributed by atoms with E-state index in [0.717, 1.165) is 12.2 Å². The molecule has 20 heavy (non-hydrogen) atoms. The highest BCUT2D eigenvalue weighted by molar-refractivity contribution is 5.94. The zero-order chi connectivity index (χ0) is 15.1. The maximum Gasteiger partial charge on any atom is 0.244 e. The predicted octanol–water partition coefficient (Wildman–Crippen LogP) is 2.28. The monoisotopic (exact) mass is 278 g/mol. The first-order chi connectivity index (χ1) is 9.47. The smallest absolute Gasteiger partial charge is 0.244 e. The topological polar surface area (TPSA) is 58.6 Å². The molecule has 1 atom stereocenters. The number of benzene rings is 1. The summed E-state index contributed by atoms with van der Waals surface area (Å²) in [4.78, 5) is 25.1. The van der Waals surface area contributed by atoms with Crippen LogP contribution in [-0.2, 0) is 9.59 Å². The van der Waals surface area contributed by atoms with E-state index in [1.807, 2.05) is 13.8 Å². The quantitative estimate of drug-likeness (QED) is 0.868. The fourth-order valence-electron chi connectivity index (χ4n) is 1.83. The molecule has 0 fully saturated rings. The molecule has 0 aromatic heterocycles. The normalized spacial score (nSPS) is 11.6. The number of amides is 2. The van der Waals surface area contributed by atoms with E-state index in [0.29, 0.717) is 5.69 Å². The van der Waals surface area contributed by atoms with Gasteiger partial charge >= 0.3 is 0 Å². The summed E-state index contributed by atoms with van der Waals surface area (Å²) >= 11 is 0. The van der Waals surface area contributed by atoms with Gasteiger partial charge in [-0.25, -0.2) is 0 Å². The number of methoxy groups -OCH3 is 1. The first-order valence-electron chi connectivity index (χ1n) is 6.69. The molecule has 0 bridgehead atoms. The van der Waals surface area contributed by atoms with Crippen molar-refractivity contribution < 1.29 is 14.3 Å². The Morgan fingerprint density at radius 3 is 2.35 bits per heavy atom. The molecule has 1 unspecified atom stereocenters. The summed E-state index contributed by atoms with van der Waals surface area (Å²) in [7, 11) is 1.59. The van der Waals surface area contributed by atoms with Crippen molar-refractivity contribution >= 4 is 17.5 Å². The van der Waals surface area contributed by atoms with Gasteiger partial charge in [-0.1, -0.05) is 6.92 Å². The van der Waals surface area contributed by atoms with Crippen molar-refractivity contribution in [2.45, 2.75) is 33.2 Å². The second-order valence-electron chi connectivity index (χ2n) is 4.68. The fourth-order valence-corrected chi connectivity index (χ4v) is 1.83.